The number of nitrogens with zero attached hydrogens (tertiary/aromatic N) is 1. The third kappa shape index (κ3) is 2.71. The number of rotatable bonds is 3. The topological polar surface area (TPSA) is 41.5 Å². The van der Waals surface area contributed by atoms with Gasteiger partial charge in [-0.15, -0.1) is 0 Å². The summed E-state index contributed by atoms with van der Waals surface area (Å²) >= 11 is 5.78. The van der Waals surface area contributed by atoms with Gasteiger partial charge < -0.3 is 0 Å². The number of fused-ring (bicyclic) bond motifs is 2. The molecule has 0 spiro atoms. The van der Waals surface area contributed by atoms with E-state index in [0.717, 1.165) is 6.42 Å². The highest BCUT2D eigenvalue weighted by atomic mass is 35.5. The first-order valence-electron chi connectivity index (χ1n) is 6.50. The molecule has 1 N–H and O–H groups in total. The van der Waals surface area contributed by atoms with E-state index in [-0.39, 0.29) is 5.91 Å². The monoisotopic (exact) mass is 274 g/mol. The SMILES string of the molecule is O=C(N/N=C\[C@@H]1C[C@@H]2C=C[C@H]1C2)c1ccc(Cl)cc1. The minimum Gasteiger partial charge on any atom is -0.267 e. The number of allylic oxidation sites excluding steroid dienone is 2. The Bertz CT molecular complexity index is 536. The van der Waals surface area contributed by atoms with E-state index >= 15 is 0 Å². The summed E-state index contributed by atoms with van der Waals surface area (Å²) in [6.45, 7) is 0. The zero-order valence-corrected chi connectivity index (χ0v) is 11.2. The predicted octanol–water partition coefficient (Wildman–Crippen LogP) is 3.27. The molecule has 1 amide bonds. The highest BCUT2D eigenvalue weighted by molar-refractivity contribution is 6.30. The van der Waals surface area contributed by atoms with Gasteiger partial charge in [-0.3, -0.25) is 4.79 Å². The van der Waals surface area contributed by atoms with Crippen LogP contribution in [0.2, 0.25) is 5.02 Å². The molecule has 2 aliphatic rings. The van der Waals surface area contributed by atoms with Gasteiger partial charge in [-0.2, -0.15) is 5.10 Å². The Balaban J connectivity index is 1.56. The van der Waals surface area contributed by atoms with Gasteiger partial charge in [0.1, 0.15) is 0 Å². The lowest BCUT2D eigenvalue weighted by Crippen LogP contribution is -2.19. The van der Waals surface area contributed by atoms with Crippen molar-refractivity contribution < 1.29 is 4.79 Å². The normalized spacial score (nSPS) is 28.2. The average molecular weight is 275 g/mol. The van der Waals surface area contributed by atoms with Crippen LogP contribution in [0.15, 0.2) is 41.5 Å². The summed E-state index contributed by atoms with van der Waals surface area (Å²) in [5.41, 5.74) is 3.13. The Labute approximate surface area is 117 Å². The zero-order chi connectivity index (χ0) is 13.2. The molecule has 1 fully saturated rings. The van der Waals surface area contributed by atoms with Gasteiger partial charge in [-0.1, -0.05) is 23.8 Å². The van der Waals surface area contributed by atoms with Crippen molar-refractivity contribution in [3.63, 3.8) is 0 Å². The summed E-state index contributed by atoms with van der Waals surface area (Å²) in [6, 6.07) is 6.77. The summed E-state index contributed by atoms with van der Waals surface area (Å²) in [4.78, 5) is 11.8. The molecule has 3 rings (SSSR count). The van der Waals surface area contributed by atoms with E-state index in [9.17, 15) is 4.79 Å². The van der Waals surface area contributed by atoms with Crippen LogP contribution in [0, 0.1) is 17.8 Å². The van der Waals surface area contributed by atoms with E-state index in [2.05, 4.69) is 22.7 Å². The van der Waals surface area contributed by atoms with Crippen molar-refractivity contribution in [3.8, 4) is 0 Å². The minimum atomic E-state index is -0.202. The molecule has 2 bridgehead atoms. The van der Waals surface area contributed by atoms with Crippen LogP contribution in [0.3, 0.4) is 0 Å². The number of benzene rings is 1. The van der Waals surface area contributed by atoms with Crippen molar-refractivity contribution >= 4 is 23.7 Å². The van der Waals surface area contributed by atoms with Crippen molar-refractivity contribution in [3.05, 3.63) is 47.0 Å². The Morgan fingerprint density at radius 2 is 2.05 bits per heavy atom. The van der Waals surface area contributed by atoms with Gasteiger partial charge >= 0.3 is 0 Å². The highest BCUT2D eigenvalue weighted by Crippen LogP contribution is 2.42. The Hall–Kier alpha value is -1.61. The second-order valence-electron chi connectivity index (χ2n) is 5.17. The standard InChI is InChI=1S/C15H15ClN2O/c16-14-5-3-11(4-6-14)15(19)18-17-9-13-8-10-1-2-12(13)7-10/h1-6,9-10,12-13H,7-8H2,(H,18,19)/b17-9-/t10-,12+,13+/m1/s1. The molecule has 2 aliphatic carbocycles. The minimum absolute atomic E-state index is 0.202. The van der Waals surface area contributed by atoms with Gasteiger partial charge in [-0.05, 0) is 48.9 Å². The average Bonchev–Trinajstić information content (AvgIpc) is 3.02. The summed E-state index contributed by atoms with van der Waals surface area (Å²) in [6.07, 6.45) is 8.83. The summed E-state index contributed by atoms with van der Waals surface area (Å²) in [7, 11) is 0. The van der Waals surface area contributed by atoms with Crippen LogP contribution >= 0.6 is 11.6 Å². The fourth-order valence-corrected chi connectivity index (χ4v) is 2.98. The molecular formula is C15H15ClN2O. The lowest BCUT2D eigenvalue weighted by atomic mass is 9.95. The van der Waals surface area contributed by atoms with Gasteiger partial charge in [0.25, 0.3) is 5.91 Å². The van der Waals surface area contributed by atoms with Crippen molar-refractivity contribution in [1.29, 1.82) is 0 Å². The summed E-state index contributed by atoms with van der Waals surface area (Å²) in [5.74, 6) is 1.60. The fraction of sp³-hybridized carbons (Fsp3) is 0.333. The number of carbonyl (C=O) groups excluding carboxylic acids is 1. The van der Waals surface area contributed by atoms with E-state index in [4.69, 9.17) is 11.6 Å². The lowest BCUT2D eigenvalue weighted by molar-refractivity contribution is 0.0955. The molecule has 3 nitrogen and oxygen atoms in total. The molecule has 0 aliphatic heterocycles. The summed E-state index contributed by atoms with van der Waals surface area (Å²) < 4.78 is 0. The van der Waals surface area contributed by atoms with Gasteiger partial charge in [0.2, 0.25) is 0 Å². The molecule has 1 aromatic rings. The van der Waals surface area contributed by atoms with Crippen molar-refractivity contribution in [2.24, 2.45) is 22.9 Å². The maximum Gasteiger partial charge on any atom is 0.271 e. The smallest absolute Gasteiger partial charge is 0.267 e. The molecule has 0 aromatic heterocycles. The van der Waals surface area contributed by atoms with Gasteiger partial charge in [-0.25, -0.2) is 5.43 Å². The number of nitrogens with one attached hydrogen (secondary N) is 1. The molecule has 1 saturated carbocycles. The van der Waals surface area contributed by atoms with Gasteiger partial charge in [0, 0.05) is 22.7 Å². The molecule has 19 heavy (non-hydrogen) atoms. The van der Waals surface area contributed by atoms with E-state index in [1.807, 2.05) is 6.21 Å². The van der Waals surface area contributed by atoms with Crippen molar-refractivity contribution in [2.75, 3.05) is 0 Å². The molecule has 0 radical (unpaired) electrons. The maximum atomic E-state index is 11.8. The molecule has 0 heterocycles. The molecule has 3 atom stereocenters. The largest absolute Gasteiger partial charge is 0.271 e. The van der Waals surface area contributed by atoms with Gasteiger partial charge in [0.05, 0.1) is 0 Å². The van der Waals surface area contributed by atoms with Crippen LogP contribution in [0.5, 0.6) is 0 Å². The van der Waals surface area contributed by atoms with E-state index in [1.165, 1.54) is 6.42 Å². The van der Waals surface area contributed by atoms with Crippen LogP contribution in [-0.2, 0) is 0 Å². The van der Waals surface area contributed by atoms with E-state index < -0.39 is 0 Å². The fourth-order valence-electron chi connectivity index (χ4n) is 2.85. The molecule has 1 aromatic carbocycles. The number of carbonyl (C=O) groups is 1. The van der Waals surface area contributed by atoms with Crippen LogP contribution < -0.4 is 5.43 Å². The van der Waals surface area contributed by atoms with Crippen molar-refractivity contribution in [1.82, 2.24) is 5.43 Å². The lowest BCUT2D eigenvalue weighted by Gasteiger charge is -2.11. The Morgan fingerprint density at radius 3 is 2.68 bits per heavy atom. The predicted molar refractivity (Wildman–Crippen MR) is 76.3 cm³/mol. The number of hydrogen-bond donors (Lipinski definition) is 1. The summed E-state index contributed by atoms with van der Waals surface area (Å²) in [5, 5.41) is 4.70. The Kier molecular flexibility index (Phi) is 3.38. The van der Waals surface area contributed by atoms with Crippen LogP contribution in [0.4, 0.5) is 0 Å². The first-order chi connectivity index (χ1) is 9.22. The van der Waals surface area contributed by atoms with Crippen molar-refractivity contribution in [2.45, 2.75) is 12.8 Å². The third-order valence-corrected chi connectivity index (χ3v) is 4.12. The molecule has 0 unspecified atom stereocenters. The molecule has 98 valence electrons. The number of amides is 1. The molecule has 4 heteroatoms. The molecule has 0 saturated heterocycles. The first kappa shape index (κ1) is 12.4. The number of halogens is 1. The third-order valence-electron chi connectivity index (χ3n) is 3.87. The highest BCUT2D eigenvalue weighted by Gasteiger charge is 2.34. The second kappa shape index (κ2) is 5.17. The second-order valence-corrected chi connectivity index (χ2v) is 5.61. The van der Waals surface area contributed by atoms with Gasteiger partial charge in [0.15, 0.2) is 0 Å². The van der Waals surface area contributed by atoms with E-state index in [1.54, 1.807) is 24.3 Å². The number of hydrazone groups is 1. The zero-order valence-electron chi connectivity index (χ0n) is 10.4. The van der Waals surface area contributed by atoms with E-state index in [0.29, 0.717) is 28.3 Å². The molecular weight excluding hydrogens is 260 g/mol. The number of hydrogen-bond acceptors (Lipinski definition) is 2. The van der Waals surface area contributed by atoms with Crippen LogP contribution in [0.25, 0.3) is 0 Å². The quantitative estimate of drug-likeness (QED) is 0.513. The van der Waals surface area contributed by atoms with Crippen LogP contribution in [-0.4, -0.2) is 12.1 Å². The first-order valence-corrected chi connectivity index (χ1v) is 6.87. The maximum absolute atomic E-state index is 11.8. The Morgan fingerprint density at radius 1 is 1.26 bits per heavy atom. The van der Waals surface area contributed by atoms with Crippen LogP contribution in [0.1, 0.15) is 23.2 Å².